The Morgan fingerprint density at radius 3 is 2.71 bits per heavy atom. The molecule has 4 heterocycles. The first kappa shape index (κ1) is 22.6. The van der Waals surface area contributed by atoms with Gasteiger partial charge in [0.15, 0.2) is 0 Å². The summed E-state index contributed by atoms with van der Waals surface area (Å²) in [5, 5.41) is 5.02. The number of halogens is 3. The van der Waals surface area contributed by atoms with Crippen LogP contribution in [0.25, 0.3) is 0 Å². The molecule has 2 unspecified atom stereocenters. The second kappa shape index (κ2) is 9.25. The molecule has 10 heteroatoms. The maximum Gasteiger partial charge on any atom is 0.416 e. The van der Waals surface area contributed by atoms with Gasteiger partial charge in [0, 0.05) is 49.1 Å². The van der Waals surface area contributed by atoms with Crippen molar-refractivity contribution in [3.8, 4) is 0 Å². The summed E-state index contributed by atoms with van der Waals surface area (Å²) >= 11 is 1.63. The molecule has 0 radical (unpaired) electrons. The Bertz CT molecular complexity index is 1140. The van der Waals surface area contributed by atoms with Crippen molar-refractivity contribution in [2.75, 3.05) is 36.0 Å². The van der Waals surface area contributed by atoms with Gasteiger partial charge in [0.2, 0.25) is 11.9 Å². The molecule has 5 rings (SSSR count). The van der Waals surface area contributed by atoms with Crippen LogP contribution in [-0.4, -0.2) is 48.1 Å². The number of rotatable bonds is 5. The van der Waals surface area contributed by atoms with Crippen LogP contribution in [-0.2, 0) is 23.8 Å². The molecule has 1 fully saturated rings. The largest absolute Gasteiger partial charge is 0.416 e. The van der Waals surface area contributed by atoms with Gasteiger partial charge in [-0.1, -0.05) is 6.07 Å². The second-order valence-corrected chi connectivity index (χ2v) is 9.56. The summed E-state index contributed by atoms with van der Waals surface area (Å²) in [6.45, 7) is 2.20. The molecule has 1 N–H and O–H groups in total. The maximum absolute atomic E-state index is 13.4. The topological polar surface area (TPSA) is 61.4 Å². The Balaban J connectivity index is 1.41. The molecular weight excluding hydrogens is 463 g/mol. The standard InChI is InChI=1S/C24H24F3N5OS/c25-24(26,27)17-4-5-20-16(13-17)14-19(22(33)28-9-6-18-3-1-12-34-18)21-15-31(10-11-32(20)21)23-29-7-2-8-30-23/h1-5,7-8,12-13,19,21H,6,9-11,14-15H2,(H,28,33). The number of thiophene rings is 1. The van der Waals surface area contributed by atoms with E-state index in [0.717, 1.165) is 18.2 Å². The number of carbonyl (C=O) groups excluding carboxylic acids is 1. The van der Waals surface area contributed by atoms with E-state index in [1.54, 1.807) is 35.9 Å². The normalized spacial score (nSPS) is 20.0. The number of nitrogens with one attached hydrogen (secondary N) is 1. The lowest BCUT2D eigenvalue weighted by molar-refractivity contribution is -0.137. The third-order valence-electron chi connectivity index (χ3n) is 6.46. The fourth-order valence-electron chi connectivity index (χ4n) is 4.83. The van der Waals surface area contributed by atoms with Crippen LogP contribution < -0.4 is 15.1 Å². The van der Waals surface area contributed by atoms with Crippen molar-refractivity contribution < 1.29 is 18.0 Å². The van der Waals surface area contributed by atoms with Crippen LogP contribution in [0.2, 0.25) is 0 Å². The number of hydrogen-bond acceptors (Lipinski definition) is 6. The van der Waals surface area contributed by atoms with Gasteiger partial charge in [-0.2, -0.15) is 13.2 Å². The highest BCUT2D eigenvalue weighted by Crippen LogP contribution is 2.40. The number of amides is 1. The van der Waals surface area contributed by atoms with E-state index < -0.39 is 17.7 Å². The van der Waals surface area contributed by atoms with Crippen LogP contribution in [0.5, 0.6) is 0 Å². The molecule has 2 aliphatic heterocycles. The van der Waals surface area contributed by atoms with Crippen molar-refractivity contribution in [1.82, 2.24) is 15.3 Å². The molecule has 2 aromatic heterocycles. The van der Waals surface area contributed by atoms with E-state index in [0.29, 0.717) is 37.7 Å². The summed E-state index contributed by atoms with van der Waals surface area (Å²) < 4.78 is 40.1. The maximum atomic E-state index is 13.4. The van der Waals surface area contributed by atoms with Gasteiger partial charge in [-0.05, 0) is 54.1 Å². The average Bonchev–Trinajstić information content (AvgIpc) is 3.36. The SMILES string of the molecule is O=C(NCCc1cccs1)C1Cc2cc(C(F)(F)F)ccc2N2CCN(c3ncccn3)CC12. The number of fused-ring (bicyclic) bond motifs is 3. The van der Waals surface area contributed by atoms with Gasteiger partial charge in [-0.25, -0.2) is 9.97 Å². The monoisotopic (exact) mass is 487 g/mol. The Morgan fingerprint density at radius 1 is 1.15 bits per heavy atom. The Kier molecular flexibility index (Phi) is 6.16. The molecule has 3 aromatic rings. The van der Waals surface area contributed by atoms with E-state index in [1.165, 1.54) is 10.9 Å². The molecule has 0 aliphatic carbocycles. The predicted octanol–water partition coefficient (Wildman–Crippen LogP) is 3.78. The first-order valence-electron chi connectivity index (χ1n) is 11.2. The van der Waals surface area contributed by atoms with Crippen molar-refractivity contribution in [3.05, 3.63) is 70.2 Å². The summed E-state index contributed by atoms with van der Waals surface area (Å²) in [6.07, 6.45) is -0.0810. The van der Waals surface area contributed by atoms with Gasteiger partial charge in [-0.15, -0.1) is 11.3 Å². The third-order valence-corrected chi connectivity index (χ3v) is 7.40. The zero-order valence-corrected chi connectivity index (χ0v) is 19.1. The average molecular weight is 488 g/mol. The van der Waals surface area contributed by atoms with E-state index in [1.807, 2.05) is 22.4 Å². The molecule has 2 atom stereocenters. The molecule has 1 aromatic carbocycles. The Hall–Kier alpha value is -3.14. The lowest BCUT2D eigenvalue weighted by Gasteiger charge is -2.49. The lowest BCUT2D eigenvalue weighted by atomic mass is 9.82. The number of nitrogens with zero attached hydrogens (tertiary/aromatic N) is 4. The highest BCUT2D eigenvalue weighted by Gasteiger charge is 2.43. The zero-order valence-electron chi connectivity index (χ0n) is 18.3. The van der Waals surface area contributed by atoms with Crippen LogP contribution in [0.4, 0.5) is 24.8 Å². The van der Waals surface area contributed by atoms with E-state index in [2.05, 4.69) is 20.2 Å². The van der Waals surface area contributed by atoms with E-state index in [9.17, 15) is 18.0 Å². The minimum Gasteiger partial charge on any atom is -0.364 e. The van der Waals surface area contributed by atoms with Crippen molar-refractivity contribution in [1.29, 1.82) is 0 Å². The van der Waals surface area contributed by atoms with Gasteiger partial charge in [-0.3, -0.25) is 4.79 Å². The number of alkyl halides is 3. The molecule has 6 nitrogen and oxygen atoms in total. The van der Waals surface area contributed by atoms with Crippen molar-refractivity contribution in [2.24, 2.45) is 5.92 Å². The molecular formula is C24H24F3N5OS. The zero-order chi connectivity index (χ0) is 23.7. The van der Waals surface area contributed by atoms with E-state index in [4.69, 9.17) is 0 Å². The Labute approximate surface area is 199 Å². The molecule has 34 heavy (non-hydrogen) atoms. The van der Waals surface area contributed by atoms with Crippen molar-refractivity contribution in [3.63, 3.8) is 0 Å². The van der Waals surface area contributed by atoms with Gasteiger partial charge in [0.05, 0.1) is 17.5 Å². The minimum absolute atomic E-state index is 0.134. The van der Waals surface area contributed by atoms with Gasteiger partial charge >= 0.3 is 6.18 Å². The van der Waals surface area contributed by atoms with E-state index >= 15 is 0 Å². The van der Waals surface area contributed by atoms with Gasteiger partial charge < -0.3 is 15.1 Å². The van der Waals surface area contributed by atoms with Gasteiger partial charge in [0.1, 0.15) is 0 Å². The Morgan fingerprint density at radius 2 is 1.97 bits per heavy atom. The van der Waals surface area contributed by atoms with Crippen LogP contribution in [0, 0.1) is 5.92 Å². The van der Waals surface area contributed by atoms with Gasteiger partial charge in [0.25, 0.3) is 0 Å². The first-order chi connectivity index (χ1) is 16.4. The van der Waals surface area contributed by atoms with Crippen molar-refractivity contribution in [2.45, 2.75) is 25.1 Å². The fourth-order valence-corrected chi connectivity index (χ4v) is 5.54. The number of carbonyl (C=O) groups is 1. The predicted molar refractivity (Wildman–Crippen MR) is 125 cm³/mol. The highest BCUT2D eigenvalue weighted by atomic mass is 32.1. The second-order valence-electron chi connectivity index (χ2n) is 8.53. The third kappa shape index (κ3) is 4.59. The highest BCUT2D eigenvalue weighted by molar-refractivity contribution is 7.09. The molecule has 2 aliphatic rings. The first-order valence-corrected chi connectivity index (χ1v) is 12.1. The molecule has 0 saturated carbocycles. The quantitative estimate of drug-likeness (QED) is 0.594. The fraction of sp³-hybridized carbons (Fsp3) is 0.375. The number of hydrogen-bond donors (Lipinski definition) is 1. The number of benzene rings is 1. The summed E-state index contributed by atoms with van der Waals surface area (Å²) in [4.78, 5) is 27.3. The van der Waals surface area contributed by atoms with Crippen LogP contribution >= 0.6 is 11.3 Å². The lowest BCUT2D eigenvalue weighted by Crippen LogP contribution is -2.61. The summed E-state index contributed by atoms with van der Waals surface area (Å²) in [7, 11) is 0. The number of aromatic nitrogens is 2. The molecule has 1 saturated heterocycles. The van der Waals surface area contributed by atoms with Crippen LogP contribution in [0.1, 0.15) is 16.0 Å². The molecule has 0 spiro atoms. The smallest absolute Gasteiger partial charge is 0.364 e. The summed E-state index contributed by atoms with van der Waals surface area (Å²) in [6, 6.07) is 9.42. The molecule has 1 amide bonds. The van der Waals surface area contributed by atoms with Crippen molar-refractivity contribution >= 4 is 28.9 Å². The summed E-state index contributed by atoms with van der Waals surface area (Å²) in [5.41, 5.74) is 0.654. The minimum atomic E-state index is -4.42. The van der Waals surface area contributed by atoms with E-state index in [-0.39, 0.29) is 18.4 Å². The number of piperazine rings is 1. The molecule has 0 bridgehead atoms. The summed E-state index contributed by atoms with van der Waals surface area (Å²) in [5.74, 6) is -0.0199. The number of anilines is 2. The van der Waals surface area contributed by atoms with Crippen LogP contribution in [0.3, 0.4) is 0 Å². The van der Waals surface area contributed by atoms with Crippen LogP contribution in [0.15, 0.2) is 54.2 Å². The molecule has 178 valence electrons.